The molecule has 0 amide bonds. The normalized spacial score (nSPS) is 22.7. The first-order valence-electron chi connectivity index (χ1n) is 3.67. The van der Waals surface area contributed by atoms with E-state index in [1.807, 2.05) is 18.2 Å². The van der Waals surface area contributed by atoms with E-state index < -0.39 is 0 Å². The average Bonchev–Trinajstić information content (AvgIpc) is 2.05. The molecule has 0 radical (unpaired) electrons. The Kier molecular flexibility index (Phi) is 2.47. The van der Waals surface area contributed by atoms with Gasteiger partial charge in [0.1, 0.15) is 11.5 Å². The van der Waals surface area contributed by atoms with Crippen molar-refractivity contribution in [3.05, 3.63) is 24.0 Å². The largest absolute Gasteiger partial charge is 0.497 e. The van der Waals surface area contributed by atoms with E-state index in [1.54, 1.807) is 14.0 Å². The highest BCUT2D eigenvalue weighted by Gasteiger charge is 2.12. The van der Waals surface area contributed by atoms with Gasteiger partial charge in [0.05, 0.1) is 7.11 Å². The molecule has 0 saturated carbocycles. The fraction of sp³-hybridized carbons (Fsp3) is 0.444. The van der Waals surface area contributed by atoms with Crippen LogP contribution in [0.3, 0.4) is 0 Å². The summed E-state index contributed by atoms with van der Waals surface area (Å²) in [5, 5.41) is 0. The van der Waals surface area contributed by atoms with Gasteiger partial charge in [-0.2, -0.15) is 0 Å². The Balaban J connectivity index is 2.57. The molecular formula is C9H12O2. The molecule has 1 aliphatic rings. The van der Waals surface area contributed by atoms with Crippen molar-refractivity contribution in [2.75, 3.05) is 7.11 Å². The lowest BCUT2D eigenvalue weighted by Crippen LogP contribution is -2.09. The summed E-state index contributed by atoms with van der Waals surface area (Å²) in [5.41, 5.74) is 0. The van der Waals surface area contributed by atoms with Crippen molar-refractivity contribution in [3.63, 3.8) is 0 Å². The fourth-order valence-corrected chi connectivity index (χ4v) is 1.05. The van der Waals surface area contributed by atoms with E-state index in [1.165, 1.54) is 0 Å². The number of carbonyl (C=O) groups is 1. The standard InChI is InChI=1S/C9H12O2/c1-7(10)8-3-5-9(11-2)6-4-8/h3,5-6,8H,4H2,1-2H3. The van der Waals surface area contributed by atoms with Gasteiger partial charge >= 0.3 is 0 Å². The molecule has 1 unspecified atom stereocenters. The first-order chi connectivity index (χ1) is 5.24. The smallest absolute Gasteiger partial charge is 0.136 e. The summed E-state index contributed by atoms with van der Waals surface area (Å²) in [6.07, 6.45) is 6.44. The Morgan fingerprint density at radius 3 is 2.82 bits per heavy atom. The molecule has 0 aromatic rings. The predicted molar refractivity (Wildman–Crippen MR) is 43.0 cm³/mol. The van der Waals surface area contributed by atoms with E-state index in [4.69, 9.17) is 4.74 Å². The monoisotopic (exact) mass is 152 g/mol. The summed E-state index contributed by atoms with van der Waals surface area (Å²) in [5.74, 6) is 1.13. The van der Waals surface area contributed by atoms with Crippen molar-refractivity contribution in [1.29, 1.82) is 0 Å². The maximum Gasteiger partial charge on any atom is 0.136 e. The van der Waals surface area contributed by atoms with Gasteiger partial charge in [-0.3, -0.25) is 4.79 Å². The van der Waals surface area contributed by atoms with Crippen LogP contribution in [0.2, 0.25) is 0 Å². The molecule has 1 aliphatic carbocycles. The molecule has 0 fully saturated rings. The molecule has 0 bridgehead atoms. The number of ether oxygens (including phenoxy) is 1. The summed E-state index contributed by atoms with van der Waals surface area (Å²) in [7, 11) is 1.63. The van der Waals surface area contributed by atoms with Crippen molar-refractivity contribution in [2.45, 2.75) is 13.3 Å². The van der Waals surface area contributed by atoms with Gasteiger partial charge in [-0.25, -0.2) is 0 Å². The van der Waals surface area contributed by atoms with Crippen LogP contribution >= 0.6 is 0 Å². The molecule has 60 valence electrons. The van der Waals surface area contributed by atoms with Crippen LogP contribution < -0.4 is 0 Å². The summed E-state index contributed by atoms with van der Waals surface area (Å²) in [6.45, 7) is 1.61. The van der Waals surface area contributed by atoms with E-state index in [-0.39, 0.29) is 11.7 Å². The third-order valence-corrected chi connectivity index (χ3v) is 1.82. The Hall–Kier alpha value is -1.05. The van der Waals surface area contributed by atoms with E-state index in [9.17, 15) is 4.79 Å². The van der Waals surface area contributed by atoms with Crippen molar-refractivity contribution in [1.82, 2.24) is 0 Å². The summed E-state index contributed by atoms with van der Waals surface area (Å²) in [4.78, 5) is 10.9. The highest BCUT2D eigenvalue weighted by molar-refractivity contribution is 5.80. The lowest BCUT2D eigenvalue weighted by molar-refractivity contribution is -0.119. The van der Waals surface area contributed by atoms with Crippen molar-refractivity contribution in [2.24, 2.45) is 5.92 Å². The van der Waals surface area contributed by atoms with Crippen LogP contribution in [-0.2, 0) is 9.53 Å². The molecule has 0 aromatic carbocycles. The lowest BCUT2D eigenvalue weighted by Gasteiger charge is -2.11. The molecule has 1 atom stereocenters. The SMILES string of the molecule is COC1=CCC(C(C)=O)C=C1. The third kappa shape index (κ3) is 1.93. The molecule has 0 heterocycles. The van der Waals surface area contributed by atoms with Gasteiger partial charge in [0.15, 0.2) is 0 Å². The predicted octanol–water partition coefficient (Wildman–Crippen LogP) is 1.68. The molecular weight excluding hydrogens is 140 g/mol. The second-order valence-corrected chi connectivity index (χ2v) is 2.62. The Labute approximate surface area is 66.5 Å². The van der Waals surface area contributed by atoms with Crippen molar-refractivity contribution < 1.29 is 9.53 Å². The number of ketones is 1. The van der Waals surface area contributed by atoms with Gasteiger partial charge in [-0.15, -0.1) is 0 Å². The van der Waals surface area contributed by atoms with E-state index in [0.717, 1.165) is 12.2 Å². The molecule has 0 aromatic heterocycles. The molecule has 0 aliphatic heterocycles. The minimum Gasteiger partial charge on any atom is -0.497 e. The lowest BCUT2D eigenvalue weighted by atomic mass is 9.97. The number of Topliss-reactive ketones (excluding diaryl/α,β-unsaturated/α-hetero) is 1. The van der Waals surface area contributed by atoms with Crippen LogP contribution in [0, 0.1) is 5.92 Å². The highest BCUT2D eigenvalue weighted by atomic mass is 16.5. The number of allylic oxidation sites excluding steroid dienone is 3. The van der Waals surface area contributed by atoms with Crippen LogP contribution in [0.25, 0.3) is 0 Å². The van der Waals surface area contributed by atoms with Gasteiger partial charge in [-0.1, -0.05) is 6.08 Å². The van der Waals surface area contributed by atoms with Gasteiger partial charge in [0.25, 0.3) is 0 Å². The number of methoxy groups -OCH3 is 1. The van der Waals surface area contributed by atoms with Gasteiger partial charge in [0, 0.05) is 5.92 Å². The van der Waals surface area contributed by atoms with E-state index >= 15 is 0 Å². The zero-order chi connectivity index (χ0) is 8.27. The zero-order valence-corrected chi connectivity index (χ0v) is 6.83. The number of rotatable bonds is 2. The van der Waals surface area contributed by atoms with Gasteiger partial charge in [0.2, 0.25) is 0 Å². The molecule has 1 rings (SSSR count). The Morgan fingerprint density at radius 1 is 1.73 bits per heavy atom. The fourth-order valence-electron chi connectivity index (χ4n) is 1.05. The Bertz CT molecular complexity index is 214. The highest BCUT2D eigenvalue weighted by Crippen LogP contribution is 2.16. The van der Waals surface area contributed by atoms with Crippen LogP contribution in [-0.4, -0.2) is 12.9 Å². The van der Waals surface area contributed by atoms with E-state index in [0.29, 0.717) is 0 Å². The summed E-state index contributed by atoms with van der Waals surface area (Å²) >= 11 is 0. The van der Waals surface area contributed by atoms with Gasteiger partial charge in [-0.05, 0) is 25.5 Å². The van der Waals surface area contributed by atoms with Gasteiger partial charge < -0.3 is 4.74 Å². The molecule has 0 saturated heterocycles. The topological polar surface area (TPSA) is 26.3 Å². The van der Waals surface area contributed by atoms with Crippen LogP contribution in [0.5, 0.6) is 0 Å². The Morgan fingerprint density at radius 2 is 2.45 bits per heavy atom. The minimum absolute atomic E-state index is 0.0638. The first-order valence-corrected chi connectivity index (χ1v) is 3.67. The van der Waals surface area contributed by atoms with Crippen molar-refractivity contribution >= 4 is 5.78 Å². The zero-order valence-electron chi connectivity index (χ0n) is 6.83. The molecule has 0 spiro atoms. The second kappa shape index (κ2) is 3.37. The molecule has 2 nitrogen and oxygen atoms in total. The van der Waals surface area contributed by atoms with E-state index in [2.05, 4.69) is 0 Å². The quantitative estimate of drug-likeness (QED) is 0.601. The summed E-state index contributed by atoms with van der Waals surface area (Å²) < 4.78 is 4.98. The van der Waals surface area contributed by atoms with Crippen LogP contribution in [0.1, 0.15) is 13.3 Å². The molecule has 2 heteroatoms. The number of carbonyl (C=O) groups excluding carboxylic acids is 1. The van der Waals surface area contributed by atoms with Crippen molar-refractivity contribution in [3.8, 4) is 0 Å². The summed E-state index contributed by atoms with van der Waals surface area (Å²) in [6, 6.07) is 0. The maximum atomic E-state index is 10.9. The second-order valence-electron chi connectivity index (χ2n) is 2.62. The average molecular weight is 152 g/mol. The maximum absolute atomic E-state index is 10.9. The molecule has 11 heavy (non-hydrogen) atoms. The van der Waals surface area contributed by atoms with Crippen LogP contribution in [0.15, 0.2) is 24.0 Å². The number of hydrogen-bond donors (Lipinski definition) is 0. The van der Waals surface area contributed by atoms with Crippen LogP contribution in [0.4, 0.5) is 0 Å². The third-order valence-electron chi connectivity index (χ3n) is 1.82. The first kappa shape index (κ1) is 8.05. The molecule has 0 N–H and O–H groups in total. The number of hydrogen-bond acceptors (Lipinski definition) is 2. The minimum atomic E-state index is 0.0638.